The summed E-state index contributed by atoms with van der Waals surface area (Å²) in [6.07, 6.45) is 2.41. The molecule has 0 spiro atoms. The van der Waals surface area contributed by atoms with Gasteiger partial charge < -0.3 is 19.5 Å². The lowest BCUT2D eigenvalue weighted by molar-refractivity contribution is 0.340. The molecule has 3 aromatic rings. The van der Waals surface area contributed by atoms with E-state index in [0.717, 1.165) is 23.7 Å². The molecule has 1 aromatic heterocycles. The summed E-state index contributed by atoms with van der Waals surface area (Å²) in [6, 6.07) is 14.4. The molecule has 0 amide bonds. The Labute approximate surface area is 164 Å². The summed E-state index contributed by atoms with van der Waals surface area (Å²) in [7, 11) is 3.28. The minimum atomic E-state index is 0.0372. The van der Waals surface area contributed by atoms with Crippen LogP contribution in [-0.4, -0.2) is 35.6 Å². The third-order valence-electron chi connectivity index (χ3n) is 5.02. The molecule has 1 N–H and O–H groups in total. The normalized spacial score (nSPS) is 18.1. The quantitative estimate of drug-likeness (QED) is 0.701. The number of anilines is 1. The van der Waals surface area contributed by atoms with Crippen molar-refractivity contribution in [2.75, 3.05) is 26.1 Å². The molecule has 2 heterocycles. The van der Waals surface area contributed by atoms with Gasteiger partial charge in [0.1, 0.15) is 12.1 Å². The fourth-order valence-electron chi connectivity index (χ4n) is 3.64. The van der Waals surface area contributed by atoms with Crippen LogP contribution in [0.25, 0.3) is 0 Å². The van der Waals surface area contributed by atoms with Crippen LogP contribution in [0.3, 0.4) is 0 Å². The maximum absolute atomic E-state index is 5.56. The van der Waals surface area contributed by atoms with Crippen molar-refractivity contribution in [2.45, 2.75) is 25.4 Å². The van der Waals surface area contributed by atoms with Crippen molar-refractivity contribution >= 4 is 5.95 Å². The third kappa shape index (κ3) is 3.35. The van der Waals surface area contributed by atoms with Crippen LogP contribution in [0.1, 0.15) is 36.6 Å². The Kier molecular flexibility index (Phi) is 5.06. The van der Waals surface area contributed by atoms with Gasteiger partial charge in [-0.15, -0.1) is 0 Å². The van der Waals surface area contributed by atoms with E-state index in [4.69, 9.17) is 14.2 Å². The molecule has 2 atom stereocenters. The molecule has 1 aliphatic rings. The number of aromatic nitrogens is 3. The minimum absolute atomic E-state index is 0.0372. The zero-order valence-electron chi connectivity index (χ0n) is 16.3. The van der Waals surface area contributed by atoms with E-state index in [2.05, 4.69) is 33.6 Å². The number of hydrogen-bond donors (Lipinski definition) is 1. The molecule has 0 bridgehead atoms. The summed E-state index contributed by atoms with van der Waals surface area (Å²) in [5.74, 6) is 3.05. The van der Waals surface area contributed by atoms with Gasteiger partial charge in [-0.3, -0.25) is 0 Å². The summed E-state index contributed by atoms with van der Waals surface area (Å²) in [5.41, 5.74) is 2.28. The van der Waals surface area contributed by atoms with Gasteiger partial charge in [0.15, 0.2) is 11.5 Å². The van der Waals surface area contributed by atoms with Gasteiger partial charge in [0, 0.05) is 0 Å². The highest BCUT2D eigenvalue weighted by Crippen LogP contribution is 2.40. The molecule has 4 rings (SSSR count). The first-order valence-corrected chi connectivity index (χ1v) is 9.34. The zero-order valence-corrected chi connectivity index (χ0v) is 16.3. The molecule has 146 valence electrons. The van der Waals surface area contributed by atoms with Crippen LogP contribution in [0.4, 0.5) is 5.95 Å². The molecule has 0 aliphatic carbocycles. The Morgan fingerprint density at radius 1 is 1.04 bits per heavy atom. The Balaban J connectivity index is 1.66. The minimum Gasteiger partial charge on any atom is -0.494 e. The highest BCUT2D eigenvalue weighted by atomic mass is 16.5. The molecule has 28 heavy (non-hydrogen) atoms. The number of nitrogens with zero attached hydrogens (tertiary/aromatic N) is 3. The van der Waals surface area contributed by atoms with Crippen molar-refractivity contribution in [2.24, 2.45) is 0 Å². The van der Waals surface area contributed by atoms with Crippen LogP contribution in [0, 0.1) is 0 Å². The summed E-state index contributed by atoms with van der Waals surface area (Å²) >= 11 is 0. The second-order valence-electron chi connectivity index (χ2n) is 6.59. The maximum Gasteiger partial charge on any atom is 0.222 e. The fraction of sp³-hybridized carbons (Fsp3) is 0.333. The van der Waals surface area contributed by atoms with Crippen LogP contribution in [0.15, 0.2) is 48.8 Å². The van der Waals surface area contributed by atoms with Crippen LogP contribution in [0.5, 0.6) is 17.2 Å². The third-order valence-corrected chi connectivity index (χ3v) is 5.02. The van der Waals surface area contributed by atoms with Crippen LogP contribution >= 0.6 is 0 Å². The molecule has 0 radical (unpaired) electrons. The van der Waals surface area contributed by atoms with E-state index in [0.29, 0.717) is 18.1 Å². The fourth-order valence-corrected chi connectivity index (χ4v) is 3.64. The second kappa shape index (κ2) is 7.80. The van der Waals surface area contributed by atoms with Gasteiger partial charge >= 0.3 is 0 Å². The standard InChI is InChI=1S/C21H24N4O3/c1-4-28-16-8-5-14(6-9-16)17-12-18(25-21(24-17)22-13-23-25)15-7-10-19(26-2)20(11-15)27-3/h5-11,13,17-18H,4,12H2,1-3H3,(H,22,23,24)/t17-,18+/m0/s1. The lowest BCUT2D eigenvalue weighted by Gasteiger charge is -2.32. The Morgan fingerprint density at radius 3 is 2.50 bits per heavy atom. The van der Waals surface area contributed by atoms with Crippen molar-refractivity contribution in [1.29, 1.82) is 0 Å². The topological polar surface area (TPSA) is 70.4 Å². The van der Waals surface area contributed by atoms with Crippen molar-refractivity contribution in [1.82, 2.24) is 14.8 Å². The number of fused-ring (bicyclic) bond motifs is 1. The Morgan fingerprint density at radius 2 is 1.79 bits per heavy atom. The molecule has 0 saturated carbocycles. The van der Waals surface area contributed by atoms with Crippen LogP contribution in [0.2, 0.25) is 0 Å². The SMILES string of the molecule is CCOc1ccc([C@@H]2C[C@H](c3ccc(OC)c(OC)c3)n3ncnc3N2)cc1. The number of rotatable bonds is 6. The Hall–Kier alpha value is -3.22. The molecule has 0 fully saturated rings. The largest absolute Gasteiger partial charge is 0.494 e. The van der Waals surface area contributed by atoms with Crippen molar-refractivity contribution < 1.29 is 14.2 Å². The smallest absolute Gasteiger partial charge is 0.222 e. The van der Waals surface area contributed by atoms with Crippen LogP contribution in [-0.2, 0) is 0 Å². The molecule has 7 nitrogen and oxygen atoms in total. The monoisotopic (exact) mass is 380 g/mol. The van der Waals surface area contributed by atoms with E-state index in [9.17, 15) is 0 Å². The zero-order chi connectivity index (χ0) is 19.5. The van der Waals surface area contributed by atoms with Gasteiger partial charge in [-0.1, -0.05) is 18.2 Å². The van der Waals surface area contributed by atoms with E-state index in [1.54, 1.807) is 20.5 Å². The first kappa shape index (κ1) is 18.2. The molecule has 7 heteroatoms. The summed E-state index contributed by atoms with van der Waals surface area (Å²) < 4.78 is 18.3. The lowest BCUT2D eigenvalue weighted by atomic mass is 9.93. The van der Waals surface area contributed by atoms with Crippen molar-refractivity contribution in [3.8, 4) is 17.2 Å². The van der Waals surface area contributed by atoms with Crippen molar-refractivity contribution in [3.63, 3.8) is 0 Å². The first-order chi connectivity index (χ1) is 13.7. The lowest BCUT2D eigenvalue weighted by Crippen LogP contribution is -2.28. The number of ether oxygens (including phenoxy) is 3. The molecular weight excluding hydrogens is 356 g/mol. The second-order valence-corrected chi connectivity index (χ2v) is 6.59. The number of benzene rings is 2. The summed E-state index contributed by atoms with van der Waals surface area (Å²) in [5, 5.41) is 7.92. The molecule has 2 aromatic carbocycles. The maximum atomic E-state index is 5.56. The van der Waals surface area contributed by atoms with E-state index in [1.165, 1.54) is 5.56 Å². The number of hydrogen-bond acceptors (Lipinski definition) is 6. The van der Waals surface area contributed by atoms with E-state index < -0.39 is 0 Å². The van der Waals surface area contributed by atoms with Gasteiger partial charge in [0.05, 0.1) is 32.9 Å². The van der Waals surface area contributed by atoms with Gasteiger partial charge in [0.2, 0.25) is 5.95 Å². The Bertz CT molecular complexity index is 939. The van der Waals surface area contributed by atoms with Gasteiger partial charge in [-0.05, 0) is 48.7 Å². The van der Waals surface area contributed by atoms with Gasteiger partial charge in [-0.2, -0.15) is 10.1 Å². The summed E-state index contributed by atoms with van der Waals surface area (Å²) in [6.45, 7) is 2.64. The average Bonchev–Trinajstić information content (AvgIpc) is 3.22. The van der Waals surface area contributed by atoms with Crippen molar-refractivity contribution in [3.05, 3.63) is 59.9 Å². The van der Waals surface area contributed by atoms with E-state index in [-0.39, 0.29) is 12.1 Å². The summed E-state index contributed by atoms with van der Waals surface area (Å²) in [4.78, 5) is 4.39. The highest BCUT2D eigenvalue weighted by molar-refractivity contribution is 5.46. The van der Waals surface area contributed by atoms with E-state index >= 15 is 0 Å². The average molecular weight is 380 g/mol. The molecule has 0 unspecified atom stereocenters. The number of nitrogens with one attached hydrogen (secondary N) is 1. The predicted octanol–water partition coefficient (Wildman–Crippen LogP) is 3.84. The van der Waals surface area contributed by atoms with E-state index in [1.807, 2.05) is 35.9 Å². The number of methoxy groups -OCH3 is 2. The molecule has 0 saturated heterocycles. The first-order valence-electron chi connectivity index (χ1n) is 9.34. The molecule has 1 aliphatic heterocycles. The van der Waals surface area contributed by atoms with Gasteiger partial charge in [0.25, 0.3) is 0 Å². The molecular formula is C21H24N4O3. The predicted molar refractivity (Wildman–Crippen MR) is 106 cm³/mol. The van der Waals surface area contributed by atoms with Gasteiger partial charge in [-0.25, -0.2) is 4.68 Å². The van der Waals surface area contributed by atoms with Crippen LogP contribution < -0.4 is 19.5 Å². The highest BCUT2D eigenvalue weighted by Gasteiger charge is 2.30.